The number of halogens is 3. The topological polar surface area (TPSA) is 84.9 Å². The Morgan fingerprint density at radius 1 is 1.22 bits per heavy atom. The van der Waals surface area contributed by atoms with Crippen LogP contribution < -0.4 is 4.74 Å². The highest BCUT2D eigenvalue weighted by Gasteiger charge is 2.34. The van der Waals surface area contributed by atoms with Crippen molar-refractivity contribution in [2.75, 3.05) is 6.54 Å². The molecule has 1 aliphatic rings. The molecule has 1 aromatic heterocycles. The highest BCUT2D eigenvalue weighted by atomic mass is 35.5. The minimum Gasteiger partial charge on any atom is -0.489 e. The lowest BCUT2D eigenvalue weighted by atomic mass is 9.85. The van der Waals surface area contributed by atoms with Crippen LogP contribution in [0.3, 0.4) is 0 Å². The van der Waals surface area contributed by atoms with Crippen LogP contribution in [0.4, 0.5) is 0 Å². The fraction of sp³-hybridized carbons (Fsp3) is 0.370. The summed E-state index contributed by atoms with van der Waals surface area (Å²) >= 11 is 19.5. The van der Waals surface area contributed by atoms with Crippen LogP contribution in [0.1, 0.15) is 61.8 Å². The number of ether oxygens (including phenoxy) is 1. The quantitative estimate of drug-likeness (QED) is 0.245. The van der Waals surface area contributed by atoms with E-state index in [0.29, 0.717) is 51.0 Å². The highest BCUT2D eigenvalue weighted by molar-refractivity contribution is 6.39. The van der Waals surface area contributed by atoms with Crippen LogP contribution in [0.15, 0.2) is 45.9 Å². The van der Waals surface area contributed by atoms with Gasteiger partial charge in [0, 0.05) is 23.0 Å². The van der Waals surface area contributed by atoms with Gasteiger partial charge in [0.05, 0.1) is 21.5 Å². The van der Waals surface area contributed by atoms with Gasteiger partial charge < -0.3 is 14.4 Å². The average Bonchev–Trinajstić information content (AvgIpc) is 3.60. The lowest BCUT2D eigenvalue weighted by molar-refractivity contribution is -0.142. The first kappa shape index (κ1) is 26.5. The van der Waals surface area contributed by atoms with E-state index in [-0.39, 0.29) is 12.5 Å². The second-order valence-electron chi connectivity index (χ2n) is 8.87. The molecular formula is C27H27Cl3N2O4. The third-order valence-electron chi connectivity index (χ3n) is 6.40. The van der Waals surface area contributed by atoms with Gasteiger partial charge in [0.2, 0.25) is 0 Å². The van der Waals surface area contributed by atoms with Gasteiger partial charge in [0.25, 0.3) is 0 Å². The predicted molar refractivity (Wildman–Crippen MR) is 143 cm³/mol. The molecule has 0 saturated heterocycles. The van der Waals surface area contributed by atoms with E-state index in [9.17, 15) is 9.90 Å². The summed E-state index contributed by atoms with van der Waals surface area (Å²) in [4.78, 5) is 16.0. The van der Waals surface area contributed by atoms with Crippen molar-refractivity contribution in [1.29, 1.82) is 0 Å². The van der Waals surface area contributed by atoms with Crippen molar-refractivity contribution in [2.24, 2.45) is 10.9 Å². The molecule has 1 aliphatic carbocycles. The van der Waals surface area contributed by atoms with E-state index < -0.39 is 11.9 Å². The SMILES string of the molecule is CCN=CCC(C(=O)O)[C@@H](C)c1ccc(OCc2c(-c3c(Cl)cccc3Cl)noc2C2CC2)cc1Cl. The van der Waals surface area contributed by atoms with Crippen molar-refractivity contribution >= 4 is 47.0 Å². The summed E-state index contributed by atoms with van der Waals surface area (Å²) in [7, 11) is 0. The van der Waals surface area contributed by atoms with Crippen LogP contribution in [-0.4, -0.2) is 29.0 Å². The molecule has 6 nitrogen and oxygen atoms in total. The van der Waals surface area contributed by atoms with Crippen molar-refractivity contribution < 1.29 is 19.2 Å². The fourth-order valence-electron chi connectivity index (χ4n) is 4.22. The smallest absolute Gasteiger partial charge is 0.307 e. The molecule has 0 radical (unpaired) electrons. The minimum atomic E-state index is -0.882. The maximum Gasteiger partial charge on any atom is 0.307 e. The first-order valence-electron chi connectivity index (χ1n) is 11.9. The van der Waals surface area contributed by atoms with Gasteiger partial charge in [-0.05, 0) is 68.1 Å². The molecule has 36 heavy (non-hydrogen) atoms. The average molecular weight is 550 g/mol. The number of hydrogen-bond acceptors (Lipinski definition) is 5. The summed E-state index contributed by atoms with van der Waals surface area (Å²) in [6, 6.07) is 10.6. The van der Waals surface area contributed by atoms with Crippen LogP contribution in [0.25, 0.3) is 11.3 Å². The summed E-state index contributed by atoms with van der Waals surface area (Å²) in [5.74, 6) is -0.175. The van der Waals surface area contributed by atoms with Crippen LogP contribution in [-0.2, 0) is 11.4 Å². The first-order valence-corrected chi connectivity index (χ1v) is 13.0. The van der Waals surface area contributed by atoms with Crippen molar-refractivity contribution in [3.8, 4) is 17.0 Å². The van der Waals surface area contributed by atoms with Gasteiger partial charge in [-0.2, -0.15) is 0 Å². The maximum atomic E-state index is 11.8. The van der Waals surface area contributed by atoms with Gasteiger partial charge in [0.15, 0.2) is 0 Å². The summed E-state index contributed by atoms with van der Waals surface area (Å²) < 4.78 is 11.8. The Hall–Kier alpha value is -2.54. The number of carboxylic acid groups (broad SMARTS) is 1. The van der Waals surface area contributed by atoms with E-state index in [1.807, 2.05) is 19.9 Å². The van der Waals surface area contributed by atoms with Gasteiger partial charge >= 0.3 is 5.97 Å². The molecule has 0 amide bonds. The summed E-state index contributed by atoms with van der Waals surface area (Å²) in [6.07, 6.45) is 4.07. The number of hydrogen-bond donors (Lipinski definition) is 1. The largest absolute Gasteiger partial charge is 0.489 e. The monoisotopic (exact) mass is 548 g/mol. The summed E-state index contributed by atoms with van der Waals surface area (Å²) in [5.41, 5.74) is 2.74. The number of rotatable bonds is 11. The van der Waals surface area contributed by atoms with Crippen molar-refractivity contribution in [3.63, 3.8) is 0 Å². The third-order valence-corrected chi connectivity index (χ3v) is 7.36. The Morgan fingerprint density at radius 3 is 2.56 bits per heavy atom. The molecule has 4 rings (SSSR count). The number of aromatic nitrogens is 1. The predicted octanol–water partition coefficient (Wildman–Crippen LogP) is 8.04. The van der Waals surface area contributed by atoms with E-state index in [1.165, 1.54) is 0 Å². The molecule has 0 spiro atoms. The molecule has 190 valence electrons. The van der Waals surface area contributed by atoms with E-state index in [2.05, 4.69) is 10.1 Å². The molecule has 2 aromatic carbocycles. The van der Waals surface area contributed by atoms with E-state index >= 15 is 0 Å². The Labute approximate surface area is 225 Å². The van der Waals surface area contributed by atoms with Gasteiger partial charge in [-0.1, -0.05) is 59.0 Å². The molecule has 1 fully saturated rings. The number of carbonyl (C=O) groups is 1. The molecule has 2 atom stereocenters. The molecule has 3 aromatic rings. The Bertz CT molecular complexity index is 1250. The molecule has 0 aliphatic heterocycles. The van der Waals surface area contributed by atoms with E-state index in [0.717, 1.165) is 29.7 Å². The van der Waals surface area contributed by atoms with Crippen molar-refractivity contribution in [2.45, 2.75) is 51.6 Å². The molecule has 1 saturated carbocycles. The molecular weight excluding hydrogens is 523 g/mol. The van der Waals surface area contributed by atoms with Crippen molar-refractivity contribution in [3.05, 3.63) is 68.4 Å². The molecule has 1 heterocycles. The number of benzene rings is 2. The van der Waals surface area contributed by atoms with Crippen molar-refractivity contribution in [1.82, 2.24) is 5.16 Å². The summed E-state index contributed by atoms with van der Waals surface area (Å²) in [5, 5.41) is 15.4. The van der Waals surface area contributed by atoms with Crippen LogP contribution >= 0.6 is 34.8 Å². The lowest BCUT2D eigenvalue weighted by Gasteiger charge is -2.21. The number of nitrogens with zero attached hydrogens (tertiary/aromatic N) is 2. The minimum absolute atomic E-state index is 0.197. The van der Waals surface area contributed by atoms with Gasteiger partial charge in [0.1, 0.15) is 23.8 Å². The fourth-order valence-corrected chi connectivity index (χ4v) is 5.14. The second kappa shape index (κ2) is 11.7. The van der Waals surface area contributed by atoms with Gasteiger partial charge in [-0.15, -0.1) is 0 Å². The summed E-state index contributed by atoms with van der Waals surface area (Å²) in [6.45, 7) is 4.58. The van der Waals surface area contributed by atoms with Crippen LogP contribution in [0.2, 0.25) is 15.1 Å². The Morgan fingerprint density at radius 2 is 1.94 bits per heavy atom. The number of carboxylic acids is 1. The third kappa shape index (κ3) is 5.88. The zero-order chi connectivity index (χ0) is 25.8. The molecule has 1 N–H and O–H groups in total. The zero-order valence-electron chi connectivity index (χ0n) is 20.0. The van der Waals surface area contributed by atoms with Gasteiger partial charge in [-0.3, -0.25) is 9.79 Å². The maximum absolute atomic E-state index is 11.8. The lowest BCUT2D eigenvalue weighted by Crippen LogP contribution is -2.21. The van der Waals surface area contributed by atoms with Gasteiger partial charge in [-0.25, -0.2) is 0 Å². The second-order valence-corrected chi connectivity index (χ2v) is 10.1. The van der Waals surface area contributed by atoms with E-state index in [1.54, 1.807) is 36.5 Å². The standard InChI is InChI=1S/C27H27Cl3N2O4/c1-3-31-12-11-19(27(33)34)15(2)18-10-9-17(13-23(18)30)35-14-20-25(32-36-26(20)16-7-8-16)24-21(28)5-4-6-22(24)29/h4-6,9-10,12-13,15-16,19H,3,7-8,11,14H2,1-2H3,(H,33,34)/t15-,19?/m0/s1. The highest BCUT2D eigenvalue weighted by Crippen LogP contribution is 2.46. The number of aliphatic imine (C=N–C) groups is 1. The normalized spacial score (nSPS) is 15.2. The first-order chi connectivity index (χ1) is 17.3. The molecule has 1 unspecified atom stereocenters. The molecule has 9 heteroatoms. The number of aliphatic carboxylic acids is 1. The molecule has 0 bridgehead atoms. The van der Waals surface area contributed by atoms with E-state index in [4.69, 9.17) is 44.1 Å². The van der Waals surface area contributed by atoms with Crippen LogP contribution in [0, 0.1) is 5.92 Å². The van der Waals surface area contributed by atoms with Crippen LogP contribution in [0.5, 0.6) is 5.75 Å². The zero-order valence-corrected chi connectivity index (χ0v) is 22.3. The Balaban J connectivity index is 1.56. The Kier molecular flexibility index (Phi) is 8.60.